The van der Waals surface area contributed by atoms with Crippen molar-refractivity contribution in [1.29, 1.82) is 5.26 Å². The maximum atomic E-state index is 12.3. The van der Waals surface area contributed by atoms with E-state index in [4.69, 9.17) is 15.1 Å². The monoisotopic (exact) mass is 576 g/mol. The largest absolute Gasteiger partial charge is 0.389 e. The molecule has 1 aromatic carbocycles. The van der Waals surface area contributed by atoms with E-state index in [1.165, 1.54) is 11.3 Å². The molecule has 0 radical (unpaired) electrons. The van der Waals surface area contributed by atoms with E-state index in [0.717, 1.165) is 70.2 Å². The van der Waals surface area contributed by atoms with Crippen molar-refractivity contribution in [2.45, 2.75) is 45.6 Å². The van der Waals surface area contributed by atoms with Crippen LogP contribution in [0.5, 0.6) is 0 Å². The summed E-state index contributed by atoms with van der Waals surface area (Å²) in [6.07, 6.45) is 2.81. The molecule has 0 bridgehead atoms. The van der Waals surface area contributed by atoms with Crippen molar-refractivity contribution in [3.8, 4) is 17.3 Å². The van der Waals surface area contributed by atoms with Crippen molar-refractivity contribution < 1.29 is 9.90 Å². The van der Waals surface area contributed by atoms with Crippen molar-refractivity contribution in [2.24, 2.45) is 5.92 Å². The maximum absolute atomic E-state index is 12.3. The Morgan fingerprint density at radius 3 is 2.67 bits per heavy atom. The van der Waals surface area contributed by atoms with Gasteiger partial charge in [0.25, 0.3) is 0 Å². The van der Waals surface area contributed by atoms with Gasteiger partial charge < -0.3 is 19.8 Å². The number of hydrogen-bond acceptors (Lipinski definition) is 10. The van der Waals surface area contributed by atoms with Gasteiger partial charge in [0.05, 0.1) is 11.8 Å². The van der Waals surface area contributed by atoms with E-state index >= 15 is 0 Å². The van der Waals surface area contributed by atoms with E-state index < -0.39 is 0 Å². The minimum absolute atomic E-state index is 0.142. The maximum Gasteiger partial charge on any atom is 0.222 e. The first-order valence-electron chi connectivity index (χ1n) is 13.7. The summed E-state index contributed by atoms with van der Waals surface area (Å²) in [4.78, 5) is 29.5. The van der Waals surface area contributed by atoms with Crippen LogP contribution in [0.2, 0.25) is 0 Å². The van der Waals surface area contributed by atoms with Gasteiger partial charge in [-0.2, -0.15) is 9.78 Å². The molecule has 2 aliphatic rings. The molecule has 40 heavy (non-hydrogen) atoms. The lowest BCUT2D eigenvalue weighted by Gasteiger charge is -2.36. The zero-order valence-corrected chi connectivity index (χ0v) is 24.5. The van der Waals surface area contributed by atoms with Crippen LogP contribution in [0.4, 0.5) is 16.1 Å². The number of fused-ring (bicyclic) bond motifs is 1. The highest BCUT2D eigenvalue weighted by atomic mass is 32.1. The third kappa shape index (κ3) is 4.93. The fourth-order valence-corrected chi connectivity index (χ4v) is 7.18. The second-order valence-electron chi connectivity index (χ2n) is 10.6. The Hall–Kier alpha value is -3.53. The number of carbonyl (C=O) groups is 1. The van der Waals surface area contributed by atoms with Crippen molar-refractivity contribution in [3.05, 3.63) is 40.4 Å². The highest BCUT2D eigenvalue weighted by Gasteiger charge is 2.31. The van der Waals surface area contributed by atoms with Crippen LogP contribution in [-0.4, -0.2) is 74.8 Å². The number of aryl methyl sites for hydroxylation is 2. The zero-order valence-electron chi connectivity index (χ0n) is 22.9. The molecule has 2 saturated heterocycles. The number of aliphatic hydroxyl groups excluding tert-OH is 1. The molecule has 6 rings (SSSR count). The van der Waals surface area contributed by atoms with Gasteiger partial charge in [0, 0.05) is 45.2 Å². The number of benzene rings is 1. The molecule has 1 atom stereocenters. The summed E-state index contributed by atoms with van der Waals surface area (Å²) in [7, 11) is 1.96. The Bertz CT molecular complexity index is 1580. The molecule has 2 aliphatic heterocycles. The number of thiazole rings is 1. The smallest absolute Gasteiger partial charge is 0.222 e. The number of β-amino-alcohol motifs (C(OH)–C–C–N with tert-alkyl or cyclic N) is 1. The summed E-state index contributed by atoms with van der Waals surface area (Å²) in [5.74, 6) is 1.45. The van der Waals surface area contributed by atoms with Crippen LogP contribution >= 0.6 is 22.7 Å². The fourth-order valence-electron chi connectivity index (χ4n) is 5.38. The molecule has 208 valence electrons. The van der Waals surface area contributed by atoms with Crippen LogP contribution in [0, 0.1) is 24.2 Å². The summed E-state index contributed by atoms with van der Waals surface area (Å²) in [5, 5.41) is 25.9. The number of nitriles is 1. The number of imidazole rings is 1. The van der Waals surface area contributed by atoms with Gasteiger partial charge in [-0.25, -0.2) is 9.97 Å². The van der Waals surface area contributed by atoms with E-state index in [0.29, 0.717) is 36.0 Å². The first-order valence-corrected chi connectivity index (χ1v) is 15.3. The second kappa shape index (κ2) is 10.8. The molecule has 5 heterocycles. The number of rotatable bonds is 8. The Balaban J connectivity index is 1.21. The average Bonchev–Trinajstić information content (AvgIpc) is 3.72. The van der Waals surface area contributed by atoms with E-state index in [1.54, 1.807) is 16.2 Å². The van der Waals surface area contributed by atoms with Crippen LogP contribution in [0.25, 0.3) is 16.2 Å². The van der Waals surface area contributed by atoms with Gasteiger partial charge >= 0.3 is 0 Å². The first-order chi connectivity index (χ1) is 19.3. The summed E-state index contributed by atoms with van der Waals surface area (Å²) in [6, 6.07) is 10.4. The molecule has 4 aromatic rings. The number of anilines is 3. The molecule has 1 N–H and O–H groups in total. The molecule has 1 unspecified atom stereocenters. The normalized spacial score (nSPS) is 17.4. The topological polar surface area (TPSA) is 114 Å². The number of aromatic nitrogens is 4. The average molecular weight is 577 g/mol. The van der Waals surface area contributed by atoms with Gasteiger partial charge in [-0.05, 0) is 32.1 Å². The highest BCUT2D eigenvalue weighted by molar-refractivity contribution is 7.20. The predicted octanol–water partition coefficient (Wildman–Crippen LogP) is 4.23. The molecule has 1 amide bonds. The van der Waals surface area contributed by atoms with Crippen LogP contribution in [0.1, 0.15) is 42.3 Å². The molecule has 0 saturated carbocycles. The Morgan fingerprint density at radius 1 is 1.20 bits per heavy atom. The Morgan fingerprint density at radius 2 is 1.98 bits per heavy atom. The zero-order chi connectivity index (χ0) is 28.0. The molecule has 10 nitrogen and oxygen atoms in total. The van der Waals surface area contributed by atoms with Gasteiger partial charge in [0.1, 0.15) is 16.6 Å². The summed E-state index contributed by atoms with van der Waals surface area (Å²) < 4.78 is 1.91. The lowest BCUT2D eigenvalue weighted by Crippen LogP contribution is -2.53. The first kappa shape index (κ1) is 26.7. The minimum atomic E-state index is -0.355. The number of amides is 1. The van der Waals surface area contributed by atoms with E-state index in [1.807, 2.05) is 47.7 Å². The molecule has 3 aromatic heterocycles. The molecular weight excluding hydrogens is 544 g/mol. The third-order valence-corrected chi connectivity index (χ3v) is 9.76. The van der Waals surface area contributed by atoms with Crippen molar-refractivity contribution in [2.75, 3.05) is 43.0 Å². The minimum Gasteiger partial charge on any atom is -0.389 e. The molecular formula is C28H32N8O2S2. The van der Waals surface area contributed by atoms with Gasteiger partial charge in [0.2, 0.25) is 16.0 Å². The molecule has 0 spiro atoms. The summed E-state index contributed by atoms with van der Waals surface area (Å²) >= 11 is 2.95. The molecule has 2 fully saturated rings. The summed E-state index contributed by atoms with van der Waals surface area (Å²) in [5.41, 5.74) is 3.72. The van der Waals surface area contributed by atoms with E-state index in [-0.39, 0.29) is 12.0 Å². The quantitative estimate of drug-likeness (QED) is 0.332. The number of nitrogens with zero attached hydrogens (tertiary/aromatic N) is 8. The third-order valence-electron chi connectivity index (χ3n) is 7.76. The Kier molecular flexibility index (Phi) is 7.20. The number of carbonyl (C=O) groups excluding carboxylic acids is 1. The van der Waals surface area contributed by atoms with Gasteiger partial charge in [-0.3, -0.25) is 4.79 Å². The lowest BCUT2D eigenvalue weighted by atomic mass is 10.0. The highest BCUT2D eigenvalue weighted by Crippen LogP contribution is 2.39. The number of aliphatic hydroxyl groups is 1. The van der Waals surface area contributed by atoms with E-state index in [2.05, 4.69) is 17.9 Å². The van der Waals surface area contributed by atoms with Crippen molar-refractivity contribution in [1.82, 2.24) is 24.5 Å². The van der Waals surface area contributed by atoms with Crippen molar-refractivity contribution in [3.63, 3.8) is 0 Å². The second-order valence-corrected chi connectivity index (χ2v) is 12.5. The lowest BCUT2D eigenvalue weighted by molar-refractivity contribution is -0.141. The van der Waals surface area contributed by atoms with E-state index in [9.17, 15) is 15.2 Å². The predicted molar refractivity (Wildman–Crippen MR) is 157 cm³/mol. The number of hydrogen-bond donors (Lipinski definition) is 1. The van der Waals surface area contributed by atoms with Crippen LogP contribution in [0.3, 0.4) is 0 Å². The van der Waals surface area contributed by atoms with Crippen molar-refractivity contribution >= 4 is 49.6 Å². The summed E-state index contributed by atoms with van der Waals surface area (Å²) in [6.45, 7) is 6.84. The van der Waals surface area contributed by atoms with Crippen LogP contribution in [-0.2, 0) is 11.2 Å². The fraction of sp³-hybridized carbons (Fsp3) is 0.464. The number of likely N-dealkylation sites (tertiary alicyclic amines) is 1. The van der Waals surface area contributed by atoms with Crippen LogP contribution in [0.15, 0.2) is 24.3 Å². The van der Waals surface area contributed by atoms with Crippen LogP contribution < -0.4 is 9.80 Å². The SMILES string of the molecule is CCc1nc2sc(N3CCC(CCC(=O)N4CC(O)C4)C3)nn2c1N(C)c1nc(-c2ccc(C)cc2)c(C#N)s1. The Labute approximate surface area is 241 Å². The molecule has 12 heteroatoms. The van der Waals surface area contributed by atoms with Gasteiger partial charge in [0.15, 0.2) is 10.9 Å². The van der Waals surface area contributed by atoms with Gasteiger partial charge in [-0.15, -0.1) is 5.10 Å². The van der Waals surface area contributed by atoms with Gasteiger partial charge in [-0.1, -0.05) is 59.4 Å². The standard InChI is InChI=1S/C28H32N8O2S2/c1-4-21-25(33(3)26-31-24(22(13-29)39-26)19-8-5-17(2)6-9-19)36-27(30-21)40-28(32-36)34-12-11-18(14-34)7-10-23(38)35-15-20(37)16-35/h5-6,8-9,18,20,37H,4,7,10-12,14-16H2,1-3H3. The molecule has 0 aliphatic carbocycles.